The maximum atomic E-state index is 11.2. The minimum Gasteiger partial charge on any atom is -0.324 e. The highest BCUT2D eigenvalue weighted by molar-refractivity contribution is 7.73. The molecule has 4 heteroatoms. The lowest BCUT2D eigenvalue weighted by atomic mass is 10.4. The maximum absolute atomic E-state index is 11.2. The number of carbonyl (C=O) groups is 1. The van der Waals surface area contributed by atoms with Gasteiger partial charge in [0.05, 0.1) is 6.61 Å². The zero-order valence-corrected chi connectivity index (χ0v) is 7.97. The van der Waals surface area contributed by atoms with Gasteiger partial charge >= 0.3 is 0 Å². The first-order valence-corrected chi connectivity index (χ1v) is 5.76. The highest BCUT2D eigenvalue weighted by atomic mass is 31.2. The van der Waals surface area contributed by atoms with Crippen molar-refractivity contribution in [2.24, 2.45) is 0 Å². The van der Waals surface area contributed by atoms with Crippen LogP contribution in [-0.4, -0.2) is 18.8 Å². The highest BCUT2D eigenvalue weighted by Crippen LogP contribution is 2.42. The first kappa shape index (κ1) is 10.9. The van der Waals surface area contributed by atoms with Crippen LogP contribution in [0.3, 0.4) is 0 Å². The second kappa shape index (κ2) is 5.50. The zero-order chi connectivity index (χ0) is 8.74. The van der Waals surface area contributed by atoms with E-state index in [1.54, 1.807) is 6.92 Å². The zero-order valence-electron chi connectivity index (χ0n) is 7.08. The quantitative estimate of drug-likeness (QED) is 0.356. The molecule has 0 radical (unpaired) electrons. The summed E-state index contributed by atoms with van der Waals surface area (Å²) in [5.74, 6) is 0. The van der Waals surface area contributed by atoms with Crippen molar-refractivity contribution in [2.45, 2.75) is 26.7 Å². The van der Waals surface area contributed by atoms with Crippen molar-refractivity contribution >= 4 is 13.4 Å². The van der Waals surface area contributed by atoms with Gasteiger partial charge in [-0.25, -0.2) is 0 Å². The average Bonchev–Trinajstić information content (AvgIpc) is 2.05. The van der Waals surface area contributed by atoms with Gasteiger partial charge in [0, 0.05) is 6.16 Å². The van der Waals surface area contributed by atoms with E-state index in [0.29, 0.717) is 18.8 Å². The van der Waals surface area contributed by atoms with E-state index >= 15 is 0 Å². The molecule has 1 unspecified atom stereocenters. The highest BCUT2D eigenvalue weighted by Gasteiger charge is 2.17. The van der Waals surface area contributed by atoms with E-state index in [4.69, 9.17) is 4.52 Å². The van der Waals surface area contributed by atoms with Crippen molar-refractivity contribution in [3.63, 3.8) is 0 Å². The minimum absolute atomic E-state index is 0.306. The number of unbranched alkanes of at least 4 members (excludes halogenated alkanes) is 1. The Hall–Kier alpha value is -0.140. The van der Waals surface area contributed by atoms with Crippen LogP contribution in [0.2, 0.25) is 0 Å². The van der Waals surface area contributed by atoms with Crippen molar-refractivity contribution in [3.05, 3.63) is 0 Å². The molecule has 0 spiro atoms. The fourth-order valence-electron chi connectivity index (χ4n) is 0.560. The molecule has 11 heavy (non-hydrogen) atoms. The van der Waals surface area contributed by atoms with Crippen LogP contribution in [-0.2, 0) is 13.9 Å². The van der Waals surface area contributed by atoms with Crippen LogP contribution in [0.15, 0.2) is 0 Å². The van der Waals surface area contributed by atoms with Gasteiger partial charge in [-0.2, -0.15) is 0 Å². The third-order valence-corrected chi connectivity index (χ3v) is 3.23. The first-order valence-electron chi connectivity index (χ1n) is 3.88. The van der Waals surface area contributed by atoms with Crippen LogP contribution in [0, 0.1) is 0 Å². The molecule has 3 nitrogen and oxygen atoms in total. The fraction of sp³-hybridized carbons (Fsp3) is 0.857. The normalized spacial score (nSPS) is 15.8. The molecule has 0 saturated heterocycles. The summed E-state index contributed by atoms with van der Waals surface area (Å²) in [7, 11) is -2.89. The Bertz CT molecular complexity index is 156. The monoisotopic (exact) mass is 178 g/mol. The Morgan fingerprint density at radius 1 is 1.45 bits per heavy atom. The van der Waals surface area contributed by atoms with Crippen LogP contribution in [0.1, 0.15) is 26.7 Å². The van der Waals surface area contributed by atoms with E-state index in [-0.39, 0.29) is 0 Å². The molecule has 0 bridgehead atoms. The van der Waals surface area contributed by atoms with E-state index in [0.717, 1.165) is 12.8 Å². The molecule has 0 fully saturated rings. The SMILES string of the molecule is CCCCOP(=O)(C=O)CC. The molecule has 0 rings (SSSR count). The summed E-state index contributed by atoms with van der Waals surface area (Å²) in [6.45, 7) is 4.14. The summed E-state index contributed by atoms with van der Waals surface area (Å²) in [5.41, 5.74) is 0. The Labute approximate surface area is 67.6 Å². The molecule has 1 atom stereocenters. The summed E-state index contributed by atoms with van der Waals surface area (Å²) in [6.07, 6.45) is 2.15. The Balaban J connectivity index is 3.70. The summed E-state index contributed by atoms with van der Waals surface area (Å²) in [6, 6.07) is 0.447. The standard InChI is InChI=1S/C7H15O3P/c1-3-5-6-10-11(9,4-2)7-8/h7H,3-6H2,1-2H3. The first-order chi connectivity index (χ1) is 5.18. The van der Waals surface area contributed by atoms with Gasteiger partial charge in [-0.05, 0) is 6.42 Å². The third-order valence-electron chi connectivity index (χ3n) is 1.41. The van der Waals surface area contributed by atoms with Crippen LogP contribution in [0.5, 0.6) is 0 Å². The summed E-state index contributed by atoms with van der Waals surface area (Å²) < 4.78 is 16.2. The molecule has 66 valence electrons. The molecule has 0 aliphatic carbocycles. The van der Waals surface area contributed by atoms with E-state index < -0.39 is 7.37 Å². The molecule has 0 amide bonds. The molecule has 0 aromatic heterocycles. The molecule has 0 heterocycles. The Kier molecular flexibility index (Phi) is 5.43. The lowest BCUT2D eigenvalue weighted by Gasteiger charge is -2.08. The molecule has 0 aromatic carbocycles. The summed E-state index contributed by atoms with van der Waals surface area (Å²) >= 11 is 0. The Morgan fingerprint density at radius 3 is 2.45 bits per heavy atom. The molecule has 0 saturated carbocycles. The molecule has 0 N–H and O–H groups in total. The predicted octanol–water partition coefficient (Wildman–Crippen LogP) is 2.29. The van der Waals surface area contributed by atoms with Gasteiger partial charge in [0.2, 0.25) is 6.03 Å². The van der Waals surface area contributed by atoms with Crippen molar-refractivity contribution < 1.29 is 13.9 Å². The van der Waals surface area contributed by atoms with Gasteiger partial charge in [-0.15, -0.1) is 0 Å². The van der Waals surface area contributed by atoms with Crippen molar-refractivity contribution in [2.75, 3.05) is 12.8 Å². The topological polar surface area (TPSA) is 43.4 Å². The third kappa shape index (κ3) is 4.33. The lowest BCUT2D eigenvalue weighted by Crippen LogP contribution is -1.95. The van der Waals surface area contributed by atoms with E-state index in [1.165, 1.54) is 0 Å². The number of rotatable bonds is 6. The average molecular weight is 178 g/mol. The predicted molar refractivity (Wildman–Crippen MR) is 45.8 cm³/mol. The van der Waals surface area contributed by atoms with Crippen LogP contribution in [0.4, 0.5) is 0 Å². The molecular weight excluding hydrogens is 163 g/mol. The van der Waals surface area contributed by atoms with Gasteiger partial charge in [-0.3, -0.25) is 9.36 Å². The van der Waals surface area contributed by atoms with Gasteiger partial charge in [0.15, 0.2) is 0 Å². The minimum atomic E-state index is -2.89. The van der Waals surface area contributed by atoms with Gasteiger partial charge in [0.25, 0.3) is 7.37 Å². The second-order valence-electron chi connectivity index (χ2n) is 2.33. The smallest absolute Gasteiger partial charge is 0.263 e. The Morgan fingerprint density at radius 2 is 2.09 bits per heavy atom. The van der Waals surface area contributed by atoms with E-state index in [2.05, 4.69) is 0 Å². The maximum Gasteiger partial charge on any atom is 0.263 e. The van der Waals surface area contributed by atoms with Crippen LogP contribution < -0.4 is 0 Å². The van der Waals surface area contributed by atoms with Crippen LogP contribution in [0.25, 0.3) is 0 Å². The lowest BCUT2D eigenvalue weighted by molar-refractivity contribution is 0.313. The molecule has 0 aliphatic heterocycles. The van der Waals surface area contributed by atoms with Gasteiger partial charge in [0.1, 0.15) is 0 Å². The fourth-order valence-corrected chi connectivity index (χ4v) is 1.39. The van der Waals surface area contributed by atoms with Crippen molar-refractivity contribution in [1.29, 1.82) is 0 Å². The van der Waals surface area contributed by atoms with Crippen LogP contribution >= 0.6 is 7.37 Å². The van der Waals surface area contributed by atoms with E-state index in [9.17, 15) is 9.36 Å². The number of hydrogen-bond acceptors (Lipinski definition) is 3. The number of carbonyl (C=O) groups excluding carboxylic acids is 1. The number of hydrogen-bond donors (Lipinski definition) is 0. The summed E-state index contributed by atoms with van der Waals surface area (Å²) in [4.78, 5) is 10.3. The molecule has 0 aromatic rings. The van der Waals surface area contributed by atoms with E-state index in [1.807, 2.05) is 6.92 Å². The van der Waals surface area contributed by atoms with Crippen molar-refractivity contribution in [1.82, 2.24) is 0 Å². The molecular formula is C7H15O3P. The van der Waals surface area contributed by atoms with Gasteiger partial charge in [-0.1, -0.05) is 20.3 Å². The second-order valence-corrected chi connectivity index (χ2v) is 4.89. The van der Waals surface area contributed by atoms with Gasteiger partial charge < -0.3 is 4.52 Å². The van der Waals surface area contributed by atoms with Crippen molar-refractivity contribution in [3.8, 4) is 0 Å². The molecule has 0 aliphatic rings. The largest absolute Gasteiger partial charge is 0.324 e. The summed E-state index contributed by atoms with van der Waals surface area (Å²) in [5, 5.41) is 0.